The Hall–Kier alpha value is -1.09. The van der Waals surface area contributed by atoms with Gasteiger partial charge in [-0.1, -0.05) is 5.57 Å². The van der Waals surface area contributed by atoms with Crippen molar-refractivity contribution in [1.29, 1.82) is 0 Å². The summed E-state index contributed by atoms with van der Waals surface area (Å²) >= 11 is 0. The molecule has 0 bridgehead atoms. The summed E-state index contributed by atoms with van der Waals surface area (Å²) in [7, 11) is 1.98. The van der Waals surface area contributed by atoms with Gasteiger partial charge >= 0.3 is 0 Å². The molecule has 1 saturated carbocycles. The van der Waals surface area contributed by atoms with Crippen LogP contribution in [0.2, 0.25) is 0 Å². The molecule has 0 saturated heterocycles. The van der Waals surface area contributed by atoms with Crippen molar-refractivity contribution in [2.45, 2.75) is 45.2 Å². The fourth-order valence-corrected chi connectivity index (χ4v) is 1.88. The predicted molar refractivity (Wildman–Crippen MR) is 69.3 cm³/mol. The van der Waals surface area contributed by atoms with E-state index in [4.69, 9.17) is 0 Å². The minimum atomic E-state index is 0.0479. The van der Waals surface area contributed by atoms with Crippen molar-refractivity contribution in [3.05, 3.63) is 24.8 Å². The van der Waals surface area contributed by atoms with Crippen LogP contribution in [0.5, 0.6) is 0 Å². The molecule has 0 aliphatic heterocycles. The van der Waals surface area contributed by atoms with Crippen LogP contribution in [-0.2, 0) is 4.79 Å². The third-order valence-electron chi connectivity index (χ3n) is 2.61. The van der Waals surface area contributed by atoms with E-state index in [2.05, 4.69) is 23.8 Å². The van der Waals surface area contributed by atoms with Crippen LogP contribution in [0.3, 0.4) is 0 Å². The van der Waals surface area contributed by atoms with Crippen molar-refractivity contribution in [2.24, 2.45) is 0 Å². The Kier molecular flexibility index (Phi) is 7.56. The van der Waals surface area contributed by atoms with E-state index in [-0.39, 0.29) is 5.91 Å². The summed E-state index contributed by atoms with van der Waals surface area (Å²) < 4.78 is 0. The number of hydrogen-bond donors (Lipinski definition) is 2. The van der Waals surface area contributed by atoms with Gasteiger partial charge in [-0.2, -0.15) is 0 Å². The average Bonchev–Trinajstić information content (AvgIpc) is 2.67. The molecule has 1 aliphatic rings. The Morgan fingerprint density at radius 1 is 1.25 bits per heavy atom. The maximum absolute atomic E-state index is 11.4. The molecule has 2 atom stereocenters. The van der Waals surface area contributed by atoms with Crippen molar-refractivity contribution >= 4 is 5.91 Å². The van der Waals surface area contributed by atoms with Crippen LogP contribution in [0.4, 0.5) is 0 Å². The quantitative estimate of drug-likeness (QED) is 0.569. The molecule has 1 aliphatic carbocycles. The number of carbonyl (C=O) groups excluding carboxylic acids is 1. The van der Waals surface area contributed by atoms with Crippen LogP contribution in [0.1, 0.15) is 33.1 Å². The smallest absolute Gasteiger partial charge is 0.244 e. The highest BCUT2D eigenvalue weighted by Crippen LogP contribution is 2.18. The zero-order chi connectivity index (χ0) is 12.6. The summed E-state index contributed by atoms with van der Waals surface area (Å²) in [5.41, 5.74) is 1.05. The molecule has 92 valence electrons. The first-order chi connectivity index (χ1) is 7.61. The predicted octanol–water partition coefficient (Wildman–Crippen LogP) is 2.01. The highest BCUT2D eigenvalue weighted by atomic mass is 16.1. The molecule has 3 nitrogen and oxygen atoms in total. The van der Waals surface area contributed by atoms with Crippen LogP contribution in [0.25, 0.3) is 0 Å². The highest BCUT2D eigenvalue weighted by Gasteiger charge is 2.23. The lowest BCUT2D eigenvalue weighted by Gasteiger charge is -2.11. The summed E-state index contributed by atoms with van der Waals surface area (Å²) in [5.74, 6) is 0.0479. The van der Waals surface area contributed by atoms with Crippen molar-refractivity contribution in [1.82, 2.24) is 10.6 Å². The van der Waals surface area contributed by atoms with Gasteiger partial charge in [0.1, 0.15) is 0 Å². The second kappa shape index (κ2) is 8.11. The van der Waals surface area contributed by atoms with Gasteiger partial charge in [-0.3, -0.25) is 4.79 Å². The Labute approximate surface area is 99.0 Å². The molecule has 0 aromatic rings. The van der Waals surface area contributed by atoms with Crippen molar-refractivity contribution in [3.8, 4) is 0 Å². The maximum atomic E-state index is 11.4. The van der Waals surface area contributed by atoms with Crippen molar-refractivity contribution in [2.75, 3.05) is 7.05 Å². The zero-order valence-electron chi connectivity index (χ0n) is 10.7. The van der Waals surface area contributed by atoms with Gasteiger partial charge in [0.15, 0.2) is 0 Å². The maximum Gasteiger partial charge on any atom is 0.244 e. The Bertz CT molecular complexity index is 244. The molecular formula is C13H24N2O. The third-order valence-corrected chi connectivity index (χ3v) is 2.61. The van der Waals surface area contributed by atoms with Gasteiger partial charge < -0.3 is 10.6 Å². The number of carbonyl (C=O) groups is 1. The largest absolute Gasteiger partial charge is 0.350 e. The van der Waals surface area contributed by atoms with E-state index < -0.39 is 0 Å². The molecule has 2 unspecified atom stereocenters. The molecule has 0 aromatic heterocycles. The van der Waals surface area contributed by atoms with Gasteiger partial charge in [0.25, 0.3) is 0 Å². The monoisotopic (exact) mass is 224 g/mol. The lowest BCUT2D eigenvalue weighted by atomic mass is 10.2. The lowest BCUT2D eigenvalue weighted by Crippen LogP contribution is -2.33. The summed E-state index contributed by atoms with van der Waals surface area (Å²) in [5, 5.41) is 6.26. The molecule has 1 fully saturated rings. The van der Waals surface area contributed by atoms with Crippen LogP contribution >= 0.6 is 0 Å². The van der Waals surface area contributed by atoms with Gasteiger partial charge in [-0.05, 0) is 40.2 Å². The molecule has 16 heavy (non-hydrogen) atoms. The number of allylic oxidation sites excluding steroid dienone is 1. The average molecular weight is 224 g/mol. The molecule has 0 radical (unpaired) electrons. The normalized spacial score (nSPS) is 22.9. The number of hydrogen-bond acceptors (Lipinski definition) is 2. The molecular weight excluding hydrogens is 200 g/mol. The summed E-state index contributed by atoms with van der Waals surface area (Å²) in [4.78, 5) is 11.4. The second-order valence-corrected chi connectivity index (χ2v) is 4.23. The number of rotatable bonds is 3. The fourth-order valence-electron chi connectivity index (χ4n) is 1.88. The Morgan fingerprint density at radius 2 is 1.81 bits per heavy atom. The molecule has 0 spiro atoms. The Balaban J connectivity index is 0.00000106. The molecule has 0 heterocycles. The molecule has 0 aromatic carbocycles. The van der Waals surface area contributed by atoms with E-state index >= 15 is 0 Å². The molecule has 1 rings (SSSR count). The van der Waals surface area contributed by atoms with Crippen molar-refractivity contribution in [3.63, 3.8) is 0 Å². The van der Waals surface area contributed by atoms with Crippen LogP contribution in [0.15, 0.2) is 24.8 Å². The first-order valence-corrected chi connectivity index (χ1v) is 5.74. The summed E-state index contributed by atoms with van der Waals surface area (Å²) in [6.45, 7) is 9.87. The minimum Gasteiger partial charge on any atom is -0.350 e. The van der Waals surface area contributed by atoms with E-state index in [1.54, 1.807) is 6.08 Å². The van der Waals surface area contributed by atoms with E-state index in [9.17, 15) is 4.79 Å². The van der Waals surface area contributed by atoms with Crippen molar-refractivity contribution < 1.29 is 4.79 Å². The van der Waals surface area contributed by atoms with E-state index in [0.717, 1.165) is 24.8 Å². The molecule has 1 amide bonds. The second-order valence-electron chi connectivity index (χ2n) is 4.23. The lowest BCUT2D eigenvalue weighted by molar-refractivity contribution is -0.117. The first kappa shape index (κ1) is 14.9. The number of amides is 1. The van der Waals surface area contributed by atoms with Crippen LogP contribution < -0.4 is 10.6 Å². The Morgan fingerprint density at radius 3 is 2.25 bits per heavy atom. The molecule has 3 heteroatoms. The van der Waals surface area contributed by atoms with E-state index in [0.29, 0.717) is 12.1 Å². The SMILES string of the molecule is C=C.CNC1CCC(NC(=O)C=C(C)C)C1. The zero-order valence-corrected chi connectivity index (χ0v) is 10.7. The summed E-state index contributed by atoms with van der Waals surface area (Å²) in [6, 6.07) is 0.933. The summed E-state index contributed by atoms with van der Waals surface area (Å²) in [6.07, 6.45) is 4.97. The highest BCUT2D eigenvalue weighted by molar-refractivity contribution is 5.88. The topological polar surface area (TPSA) is 41.1 Å². The van der Waals surface area contributed by atoms with Crippen LogP contribution in [0, 0.1) is 0 Å². The van der Waals surface area contributed by atoms with Gasteiger partial charge in [0.2, 0.25) is 5.91 Å². The van der Waals surface area contributed by atoms with E-state index in [1.807, 2.05) is 20.9 Å². The first-order valence-electron chi connectivity index (χ1n) is 5.74. The minimum absolute atomic E-state index is 0.0479. The van der Waals surface area contributed by atoms with Crippen LogP contribution in [-0.4, -0.2) is 25.0 Å². The van der Waals surface area contributed by atoms with Gasteiger partial charge in [-0.25, -0.2) is 0 Å². The van der Waals surface area contributed by atoms with E-state index in [1.165, 1.54) is 0 Å². The third kappa shape index (κ3) is 5.71. The fraction of sp³-hybridized carbons (Fsp3) is 0.615. The van der Waals surface area contributed by atoms with Gasteiger partial charge in [0, 0.05) is 18.2 Å². The standard InChI is InChI=1S/C11H20N2O.C2H4/c1-8(2)6-11(14)13-10-5-4-9(7-10)12-3;1-2/h6,9-10,12H,4-5,7H2,1-3H3,(H,13,14);1-2H2. The molecule has 2 N–H and O–H groups in total. The van der Waals surface area contributed by atoms with Gasteiger partial charge in [-0.15, -0.1) is 13.2 Å². The van der Waals surface area contributed by atoms with Gasteiger partial charge in [0.05, 0.1) is 0 Å². The number of nitrogens with one attached hydrogen (secondary N) is 2.